The largest absolute Gasteiger partial charge is 0.494 e. The predicted molar refractivity (Wildman–Crippen MR) is 100 cm³/mol. The summed E-state index contributed by atoms with van der Waals surface area (Å²) in [5.74, 6) is -0.498. The molecule has 0 spiro atoms. The fraction of sp³-hybridized carbons (Fsp3) is 0.143. The number of anilines is 1. The molecular weight excluding hydrogens is 331 g/mol. The van der Waals surface area contributed by atoms with Gasteiger partial charge in [0.1, 0.15) is 11.5 Å². The topological polar surface area (TPSA) is 48.6 Å². The number of nitrogens with zero attached hydrogens (tertiary/aromatic N) is 2. The van der Waals surface area contributed by atoms with E-state index in [1.165, 1.54) is 40.0 Å². The maximum atomic E-state index is 13.1. The first-order valence-corrected chi connectivity index (χ1v) is 8.52. The first-order chi connectivity index (χ1) is 12.6. The monoisotopic (exact) mass is 350 g/mol. The summed E-state index contributed by atoms with van der Waals surface area (Å²) in [6.07, 6.45) is 3.00. The fourth-order valence-electron chi connectivity index (χ4n) is 3.35. The first kappa shape index (κ1) is 16.3. The molecule has 4 rings (SSSR count). The van der Waals surface area contributed by atoms with Gasteiger partial charge in [0.05, 0.1) is 5.69 Å². The summed E-state index contributed by atoms with van der Waals surface area (Å²) >= 11 is 0. The lowest BCUT2D eigenvalue weighted by Crippen LogP contribution is -2.27. The van der Waals surface area contributed by atoms with Gasteiger partial charge in [0.15, 0.2) is 0 Å². The van der Waals surface area contributed by atoms with Gasteiger partial charge >= 0.3 is 0 Å². The standard InChI is InChI=1S/C21H19FN2O2/c22-17-6-8-18(9-7-17)24-20(25)14-19(21(24)26)23-12-10-16(11-13-23)15-4-2-1-3-5-15/h1-10,14,25-26H,11-13H2. The van der Waals surface area contributed by atoms with Crippen molar-refractivity contribution in [3.8, 4) is 17.4 Å². The van der Waals surface area contributed by atoms with E-state index in [-0.39, 0.29) is 17.6 Å². The number of aromatic nitrogens is 1. The molecule has 0 bridgehead atoms. The molecule has 2 heterocycles. The van der Waals surface area contributed by atoms with Crippen LogP contribution in [-0.4, -0.2) is 27.9 Å². The van der Waals surface area contributed by atoms with E-state index >= 15 is 0 Å². The van der Waals surface area contributed by atoms with E-state index in [0.717, 1.165) is 13.0 Å². The van der Waals surface area contributed by atoms with Gasteiger partial charge in [-0.05, 0) is 41.8 Å². The van der Waals surface area contributed by atoms with Crippen LogP contribution in [0.25, 0.3) is 11.3 Å². The zero-order valence-corrected chi connectivity index (χ0v) is 14.1. The van der Waals surface area contributed by atoms with Crippen LogP contribution in [0.5, 0.6) is 11.8 Å². The third-order valence-corrected chi connectivity index (χ3v) is 4.72. The third-order valence-electron chi connectivity index (χ3n) is 4.72. The van der Waals surface area contributed by atoms with E-state index in [1.54, 1.807) is 6.07 Å². The quantitative estimate of drug-likeness (QED) is 0.739. The van der Waals surface area contributed by atoms with Gasteiger partial charge in [0, 0.05) is 19.2 Å². The van der Waals surface area contributed by atoms with E-state index in [4.69, 9.17) is 0 Å². The van der Waals surface area contributed by atoms with Gasteiger partial charge in [0.25, 0.3) is 0 Å². The van der Waals surface area contributed by atoms with Crippen molar-refractivity contribution < 1.29 is 14.6 Å². The molecule has 26 heavy (non-hydrogen) atoms. The molecule has 0 amide bonds. The SMILES string of the molecule is Oc1cc(N2CC=C(c3ccccc3)CC2)c(O)n1-c1ccc(F)cc1. The molecule has 1 aliphatic rings. The molecule has 3 aromatic rings. The number of hydrogen-bond donors (Lipinski definition) is 2. The van der Waals surface area contributed by atoms with Crippen LogP contribution in [0.2, 0.25) is 0 Å². The van der Waals surface area contributed by atoms with Crippen LogP contribution in [0.4, 0.5) is 10.1 Å². The highest BCUT2D eigenvalue weighted by Gasteiger charge is 2.22. The van der Waals surface area contributed by atoms with Crippen LogP contribution >= 0.6 is 0 Å². The van der Waals surface area contributed by atoms with Crippen LogP contribution in [0.15, 0.2) is 66.7 Å². The van der Waals surface area contributed by atoms with Gasteiger partial charge < -0.3 is 15.1 Å². The molecule has 5 heteroatoms. The summed E-state index contributed by atoms with van der Waals surface area (Å²) in [5, 5.41) is 20.9. The molecule has 0 atom stereocenters. The number of rotatable bonds is 3. The normalized spacial score (nSPS) is 14.3. The Hall–Kier alpha value is -3.21. The second-order valence-corrected chi connectivity index (χ2v) is 6.31. The van der Waals surface area contributed by atoms with E-state index in [0.29, 0.717) is 17.9 Å². The molecule has 2 aromatic carbocycles. The van der Waals surface area contributed by atoms with Crippen LogP contribution < -0.4 is 4.90 Å². The van der Waals surface area contributed by atoms with Crippen molar-refractivity contribution in [3.05, 3.63) is 78.1 Å². The van der Waals surface area contributed by atoms with Crippen molar-refractivity contribution in [2.45, 2.75) is 6.42 Å². The van der Waals surface area contributed by atoms with Crippen molar-refractivity contribution in [3.63, 3.8) is 0 Å². The highest BCUT2D eigenvalue weighted by atomic mass is 19.1. The Labute approximate surface area is 151 Å². The van der Waals surface area contributed by atoms with Crippen LogP contribution in [0, 0.1) is 5.82 Å². The molecule has 0 saturated carbocycles. The molecule has 0 unspecified atom stereocenters. The van der Waals surface area contributed by atoms with E-state index in [9.17, 15) is 14.6 Å². The van der Waals surface area contributed by atoms with E-state index in [1.807, 2.05) is 23.1 Å². The van der Waals surface area contributed by atoms with Crippen LogP contribution in [0.3, 0.4) is 0 Å². The smallest absolute Gasteiger partial charge is 0.223 e. The Kier molecular flexibility index (Phi) is 4.13. The van der Waals surface area contributed by atoms with Gasteiger partial charge in [-0.25, -0.2) is 8.96 Å². The van der Waals surface area contributed by atoms with Gasteiger partial charge in [-0.1, -0.05) is 36.4 Å². The molecule has 1 aliphatic heterocycles. The first-order valence-electron chi connectivity index (χ1n) is 8.52. The summed E-state index contributed by atoms with van der Waals surface area (Å²) in [4.78, 5) is 2.02. The predicted octanol–water partition coefficient (Wildman–Crippen LogP) is 4.32. The summed E-state index contributed by atoms with van der Waals surface area (Å²) in [6, 6.07) is 17.4. The van der Waals surface area contributed by atoms with Gasteiger partial charge in [-0.3, -0.25) is 0 Å². The van der Waals surface area contributed by atoms with Crippen molar-refractivity contribution in [1.29, 1.82) is 0 Å². The van der Waals surface area contributed by atoms with Crippen LogP contribution in [0.1, 0.15) is 12.0 Å². The lowest BCUT2D eigenvalue weighted by Gasteiger charge is -2.27. The minimum Gasteiger partial charge on any atom is -0.494 e. The fourth-order valence-corrected chi connectivity index (χ4v) is 3.35. The van der Waals surface area contributed by atoms with Crippen molar-refractivity contribution in [1.82, 2.24) is 4.57 Å². The zero-order chi connectivity index (χ0) is 18.1. The van der Waals surface area contributed by atoms with Crippen molar-refractivity contribution in [2.75, 3.05) is 18.0 Å². The molecule has 2 N–H and O–H groups in total. The number of benzene rings is 2. The average molecular weight is 350 g/mol. The highest BCUT2D eigenvalue weighted by molar-refractivity contribution is 5.71. The van der Waals surface area contributed by atoms with E-state index < -0.39 is 0 Å². The summed E-state index contributed by atoms with van der Waals surface area (Å²) < 4.78 is 14.4. The molecule has 0 fully saturated rings. The van der Waals surface area contributed by atoms with Gasteiger partial charge in [-0.15, -0.1) is 0 Å². The second-order valence-electron chi connectivity index (χ2n) is 6.31. The van der Waals surface area contributed by atoms with Crippen molar-refractivity contribution >= 4 is 11.3 Å². The number of aromatic hydroxyl groups is 2. The lowest BCUT2D eigenvalue weighted by atomic mass is 9.99. The minimum absolute atomic E-state index is 0.0503. The summed E-state index contributed by atoms with van der Waals surface area (Å²) in [7, 11) is 0. The number of halogens is 1. The Bertz CT molecular complexity index is 946. The Morgan fingerprint density at radius 1 is 0.923 bits per heavy atom. The maximum Gasteiger partial charge on any atom is 0.223 e. The summed E-state index contributed by atoms with van der Waals surface area (Å²) in [5.41, 5.74) is 3.56. The summed E-state index contributed by atoms with van der Waals surface area (Å²) in [6.45, 7) is 1.38. The molecule has 4 nitrogen and oxygen atoms in total. The zero-order valence-electron chi connectivity index (χ0n) is 14.1. The Balaban J connectivity index is 1.61. The Morgan fingerprint density at radius 2 is 1.65 bits per heavy atom. The second kappa shape index (κ2) is 6.59. The maximum absolute atomic E-state index is 13.1. The van der Waals surface area contributed by atoms with Gasteiger partial charge in [0.2, 0.25) is 11.8 Å². The molecule has 1 aromatic heterocycles. The molecular formula is C21H19FN2O2. The van der Waals surface area contributed by atoms with Crippen molar-refractivity contribution in [2.24, 2.45) is 0 Å². The van der Waals surface area contributed by atoms with E-state index in [2.05, 4.69) is 18.2 Å². The number of hydrogen-bond acceptors (Lipinski definition) is 3. The molecule has 0 aliphatic carbocycles. The third kappa shape index (κ3) is 2.92. The molecule has 132 valence electrons. The molecule has 0 radical (unpaired) electrons. The minimum atomic E-state index is -0.366. The highest BCUT2D eigenvalue weighted by Crippen LogP contribution is 2.39. The molecule has 0 saturated heterocycles. The Morgan fingerprint density at radius 3 is 2.31 bits per heavy atom. The van der Waals surface area contributed by atoms with Gasteiger partial charge in [-0.2, -0.15) is 0 Å². The lowest BCUT2D eigenvalue weighted by molar-refractivity contribution is 0.402. The average Bonchev–Trinajstić information content (AvgIpc) is 2.98. The van der Waals surface area contributed by atoms with Crippen LogP contribution in [-0.2, 0) is 0 Å².